The van der Waals surface area contributed by atoms with Gasteiger partial charge in [-0.2, -0.15) is 0 Å². The van der Waals surface area contributed by atoms with E-state index in [1.807, 2.05) is 0 Å². The van der Waals surface area contributed by atoms with Crippen LogP contribution in [0.3, 0.4) is 0 Å². The molecular weight excluding hydrogens is 273 g/mol. The molecular formula is C13H17Cl2NO2. The first kappa shape index (κ1) is 15.3. The van der Waals surface area contributed by atoms with Gasteiger partial charge < -0.3 is 10.0 Å². The largest absolute Gasteiger partial charge is 0.396 e. The van der Waals surface area contributed by atoms with Crippen LogP contribution in [0.1, 0.15) is 29.6 Å². The second-order valence-corrected chi connectivity index (χ2v) is 4.95. The Labute approximate surface area is 117 Å². The maximum absolute atomic E-state index is 12.0. The van der Waals surface area contributed by atoms with Crippen molar-refractivity contribution in [3.05, 3.63) is 33.8 Å². The Morgan fingerprint density at radius 3 is 2.56 bits per heavy atom. The standard InChI is InChI=1S/C13H17Cl2NO2/c1-16(7-3-2-4-8-17)13(18)10-5-6-11(14)12(15)9-10/h5-6,9,17H,2-4,7-8H2,1H3. The smallest absolute Gasteiger partial charge is 0.253 e. The first-order valence-electron chi connectivity index (χ1n) is 5.87. The molecule has 0 atom stereocenters. The van der Waals surface area contributed by atoms with E-state index in [1.54, 1.807) is 30.1 Å². The van der Waals surface area contributed by atoms with E-state index in [-0.39, 0.29) is 12.5 Å². The Kier molecular flexibility index (Phi) is 6.47. The average molecular weight is 290 g/mol. The zero-order valence-electron chi connectivity index (χ0n) is 10.3. The van der Waals surface area contributed by atoms with E-state index in [2.05, 4.69) is 0 Å². The minimum absolute atomic E-state index is 0.0717. The maximum Gasteiger partial charge on any atom is 0.253 e. The summed E-state index contributed by atoms with van der Waals surface area (Å²) in [6.07, 6.45) is 2.56. The first-order valence-corrected chi connectivity index (χ1v) is 6.63. The summed E-state index contributed by atoms with van der Waals surface area (Å²) in [6, 6.07) is 4.87. The van der Waals surface area contributed by atoms with Crippen LogP contribution in [0.25, 0.3) is 0 Å². The molecule has 0 aliphatic heterocycles. The van der Waals surface area contributed by atoms with Gasteiger partial charge in [0.25, 0.3) is 5.91 Å². The first-order chi connectivity index (χ1) is 8.56. The second-order valence-electron chi connectivity index (χ2n) is 4.14. The van der Waals surface area contributed by atoms with Gasteiger partial charge in [-0.15, -0.1) is 0 Å². The third-order valence-corrected chi connectivity index (χ3v) is 3.40. The number of hydrogen-bond acceptors (Lipinski definition) is 2. The second kappa shape index (κ2) is 7.62. The van der Waals surface area contributed by atoms with Gasteiger partial charge in [-0.1, -0.05) is 23.2 Å². The number of aliphatic hydroxyl groups is 1. The predicted molar refractivity (Wildman–Crippen MR) is 74.4 cm³/mol. The molecule has 1 rings (SSSR count). The molecule has 1 amide bonds. The molecule has 0 radical (unpaired) electrons. The number of carbonyl (C=O) groups excluding carboxylic acids is 1. The van der Waals surface area contributed by atoms with E-state index in [4.69, 9.17) is 28.3 Å². The highest BCUT2D eigenvalue weighted by molar-refractivity contribution is 6.42. The maximum atomic E-state index is 12.0. The normalized spacial score (nSPS) is 10.4. The summed E-state index contributed by atoms with van der Waals surface area (Å²) in [4.78, 5) is 13.7. The zero-order valence-corrected chi connectivity index (χ0v) is 11.8. The fourth-order valence-electron chi connectivity index (χ4n) is 1.59. The zero-order chi connectivity index (χ0) is 13.5. The van der Waals surface area contributed by atoms with Gasteiger partial charge in [0.1, 0.15) is 0 Å². The average Bonchev–Trinajstić information content (AvgIpc) is 2.37. The Hall–Kier alpha value is -0.770. The van der Waals surface area contributed by atoms with Gasteiger partial charge in [0.05, 0.1) is 10.0 Å². The molecule has 0 saturated carbocycles. The van der Waals surface area contributed by atoms with Gasteiger partial charge in [0.15, 0.2) is 0 Å². The summed E-state index contributed by atoms with van der Waals surface area (Å²) in [7, 11) is 1.75. The number of aliphatic hydroxyl groups excluding tert-OH is 1. The summed E-state index contributed by atoms with van der Waals surface area (Å²) >= 11 is 11.7. The van der Waals surface area contributed by atoms with Crippen LogP contribution in [-0.4, -0.2) is 36.1 Å². The molecule has 18 heavy (non-hydrogen) atoms. The molecule has 3 nitrogen and oxygen atoms in total. The van der Waals surface area contributed by atoms with E-state index in [0.717, 1.165) is 19.3 Å². The third kappa shape index (κ3) is 4.48. The molecule has 0 saturated heterocycles. The van der Waals surface area contributed by atoms with Crippen molar-refractivity contribution < 1.29 is 9.90 Å². The minimum atomic E-state index is -0.0717. The molecule has 5 heteroatoms. The highest BCUT2D eigenvalue weighted by atomic mass is 35.5. The quantitative estimate of drug-likeness (QED) is 0.817. The van der Waals surface area contributed by atoms with Gasteiger partial charge in [-0.3, -0.25) is 4.79 Å². The number of nitrogens with zero attached hydrogens (tertiary/aromatic N) is 1. The van der Waals surface area contributed by atoms with Crippen molar-refractivity contribution in [1.29, 1.82) is 0 Å². The Balaban J connectivity index is 2.54. The number of hydrogen-bond donors (Lipinski definition) is 1. The molecule has 0 aliphatic rings. The van der Waals surface area contributed by atoms with Crippen molar-refractivity contribution in [3.63, 3.8) is 0 Å². The summed E-state index contributed by atoms with van der Waals surface area (Å²) in [5.74, 6) is -0.0717. The van der Waals surface area contributed by atoms with Crippen LogP contribution < -0.4 is 0 Å². The van der Waals surface area contributed by atoms with Crippen molar-refractivity contribution in [3.8, 4) is 0 Å². The van der Waals surface area contributed by atoms with Crippen LogP contribution in [0, 0.1) is 0 Å². The molecule has 0 bridgehead atoms. The van der Waals surface area contributed by atoms with E-state index < -0.39 is 0 Å². The van der Waals surface area contributed by atoms with Gasteiger partial charge >= 0.3 is 0 Å². The molecule has 1 aromatic carbocycles. The monoisotopic (exact) mass is 289 g/mol. The summed E-state index contributed by atoms with van der Waals surface area (Å²) in [5, 5.41) is 9.50. The molecule has 0 aliphatic carbocycles. The summed E-state index contributed by atoms with van der Waals surface area (Å²) < 4.78 is 0. The van der Waals surface area contributed by atoms with Gasteiger partial charge in [-0.25, -0.2) is 0 Å². The number of carbonyl (C=O) groups is 1. The lowest BCUT2D eigenvalue weighted by atomic mass is 10.2. The number of halogens is 2. The number of rotatable bonds is 6. The van der Waals surface area contributed by atoms with Crippen molar-refractivity contribution in [1.82, 2.24) is 4.90 Å². The molecule has 0 unspecified atom stereocenters. The van der Waals surface area contributed by atoms with Crippen molar-refractivity contribution in [2.45, 2.75) is 19.3 Å². The molecule has 1 N–H and O–H groups in total. The molecule has 0 fully saturated rings. The van der Waals surface area contributed by atoms with Crippen LogP contribution in [-0.2, 0) is 0 Å². The molecule has 0 heterocycles. The summed E-state index contributed by atoms with van der Waals surface area (Å²) in [6.45, 7) is 0.865. The van der Waals surface area contributed by atoms with E-state index in [0.29, 0.717) is 22.2 Å². The Morgan fingerprint density at radius 2 is 1.94 bits per heavy atom. The Morgan fingerprint density at radius 1 is 1.22 bits per heavy atom. The predicted octanol–water partition coefficient (Wildman–Crippen LogP) is 3.23. The fraction of sp³-hybridized carbons (Fsp3) is 0.462. The minimum Gasteiger partial charge on any atom is -0.396 e. The number of benzene rings is 1. The number of amides is 1. The van der Waals surface area contributed by atoms with Crippen LogP contribution in [0.5, 0.6) is 0 Å². The fourth-order valence-corrected chi connectivity index (χ4v) is 1.89. The SMILES string of the molecule is CN(CCCCCO)C(=O)c1ccc(Cl)c(Cl)c1. The van der Waals surface area contributed by atoms with E-state index >= 15 is 0 Å². The topological polar surface area (TPSA) is 40.5 Å². The highest BCUT2D eigenvalue weighted by Gasteiger charge is 2.12. The van der Waals surface area contributed by atoms with Gasteiger partial charge in [0, 0.05) is 25.8 Å². The molecule has 0 spiro atoms. The van der Waals surface area contributed by atoms with E-state index in [1.165, 1.54) is 0 Å². The molecule has 1 aromatic rings. The van der Waals surface area contributed by atoms with Crippen molar-refractivity contribution in [2.24, 2.45) is 0 Å². The van der Waals surface area contributed by atoms with Gasteiger partial charge in [-0.05, 0) is 37.5 Å². The van der Waals surface area contributed by atoms with Crippen molar-refractivity contribution in [2.75, 3.05) is 20.2 Å². The van der Waals surface area contributed by atoms with Crippen molar-refractivity contribution >= 4 is 29.1 Å². The molecule has 0 aromatic heterocycles. The Bertz CT molecular complexity index is 410. The lowest BCUT2D eigenvalue weighted by Crippen LogP contribution is -2.27. The van der Waals surface area contributed by atoms with Gasteiger partial charge in [0.2, 0.25) is 0 Å². The lowest BCUT2D eigenvalue weighted by Gasteiger charge is -2.17. The third-order valence-electron chi connectivity index (χ3n) is 2.66. The van der Waals surface area contributed by atoms with Crippen LogP contribution in [0.15, 0.2) is 18.2 Å². The van der Waals surface area contributed by atoms with E-state index in [9.17, 15) is 4.79 Å². The van der Waals surface area contributed by atoms with Crippen LogP contribution >= 0.6 is 23.2 Å². The summed E-state index contributed by atoms with van der Waals surface area (Å²) in [5.41, 5.74) is 0.536. The van der Waals surface area contributed by atoms with Crippen LogP contribution in [0.2, 0.25) is 10.0 Å². The lowest BCUT2D eigenvalue weighted by molar-refractivity contribution is 0.0792. The highest BCUT2D eigenvalue weighted by Crippen LogP contribution is 2.23. The van der Waals surface area contributed by atoms with Crippen LogP contribution in [0.4, 0.5) is 0 Å². The molecule has 100 valence electrons. The number of unbranched alkanes of at least 4 members (excludes halogenated alkanes) is 2.